The molecule has 0 saturated heterocycles. The lowest BCUT2D eigenvalue weighted by Gasteiger charge is -2.19. The zero-order valence-electron chi connectivity index (χ0n) is 11.4. The molecule has 0 saturated carbocycles. The molecule has 106 valence electrons. The van der Waals surface area contributed by atoms with Gasteiger partial charge in [0.05, 0.1) is 12.1 Å². The lowest BCUT2D eigenvalue weighted by molar-refractivity contribution is -0.128. The fourth-order valence-corrected chi connectivity index (χ4v) is 2.06. The minimum absolute atomic E-state index is 0.0721. The third kappa shape index (κ3) is 3.45. The van der Waals surface area contributed by atoms with E-state index in [2.05, 4.69) is 10.6 Å². The van der Waals surface area contributed by atoms with E-state index in [9.17, 15) is 9.59 Å². The van der Waals surface area contributed by atoms with Gasteiger partial charge in [0.25, 0.3) is 0 Å². The molecule has 1 aromatic carbocycles. The van der Waals surface area contributed by atoms with E-state index in [4.69, 9.17) is 5.73 Å². The summed E-state index contributed by atoms with van der Waals surface area (Å²) >= 11 is 0. The van der Waals surface area contributed by atoms with E-state index in [1.807, 2.05) is 36.4 Å². The van der Waals surface area contributed by atoms with Gasteiger partial charge in [-0.1, -0.05) is 42.5 Å². The van der Waals surface area contributed by atoms with Gasteiger partial charge in [-0.25, -0.2) is 0 Å². The Labute approximate surface area is 118 Å². The van der Waals surface area contributed by atoms with Gasteiger partial charge in [0.1, 0.15) is 6.04 Å². The monoisotopic (exact) mass is 273 g/mol. The molecule has 0 bridgehead atoms. The molecule has 5 nitrogen and oxygen atoms in total. The third-order valence-corrected chi connectivity index (χ3v) is 3.21. The second-order valence-electron chi connectivity index (χ2n) is 4.91. The highest BCUT2D eigenvalue weighted by Crippen LogP contribution is 2.19. The largest absolute Gasteiger partial charge is 0.347 e. The summed E-state index contributed by atoms with van der Waals surface area (Å²) in [6.07, 6.45) is 4.31. The van der Waals surface area contributed by atoms with Crippen LogP contribution in [0, 0.1) is 0 Å². The highest BCUT2D eigenvalue weighted by atomic mass is 16.2. The summed E-state index contributed by atoms with van der Waals surface area (Å²) < 4.78 is 0. The Morgan fingerprint density at radius 1 is 1.40 bits per heavy atom. The molecular weight excluding hydrogens is 254 g/mol. The molecule has 0 radical (unpaired) electrons. The molecule has 5 heteroatoms. The van der Waals surface area contributed by atoms with Crippen molar-refractivity contribution in [2.75, 3.05) is 0 Å². The zero-order chi connectivity index (χ0) is 14.5. The van der Waals surface area contributed by atoms with Crippen LogP contribution in [0.25, 0.3) is 0 Å². The molecule has 0 aromatic heterocycles. The molecule has 20 heavy (non-hydrogen) atoms. The molecular formula is C15H19N3O2. The quantitative estimate of drug-likeness (QED) is 0.706. The SMILES string of the molecule is C[C@H](N)C(=O)N[C@H]1C=CC[C@H](c2ccccc2)NC1=O. The maximum atomic E-state index is 12.1. The normalized spacial score (nSPS) is 23.6. The Hall–Kier alpha value is -2.14. The Bertz CT molecular complexity index is 511. The van der Waals surface area contributed by atoms with Crippen molar-refractivity contribution in [3.05, 3.63) is 48.0 Å². The van der Waals surface area contributed by atoms with Gasteiger partial charge in [-0.2, -0.15) is 0 Å². The lowest BCUT2D eigenvalue weighted by atomic mass is 10.0. The third-order valence-electron chi connectivity index (χ3n) is 3.21. The first-order valence-corrected chi connectivity index (χ1v) is 6.66. The number of nitrogens with two attached hydrogens (primary N) is 1. The highest BCUT2D eigenvalue weighted by molar-refractivity contribution is 5.91. The molecule has 1 aliphatic heterocycles. The molecule has 1 aromatic rings. The summed E-state index contributed by atoms with van der Waals surface area (Å²) in [4.78, 5) is 23.7. The van der Waals surface area contributed by atoms with Crippen LogP contribution in [0.15, 0.2) is 42.5 Å². The van der Waals surface area contributed by atoms with Crippen LogP contribution < -0.4 is 16.4 Å². The molecule has 3 atom stereocenters. The van der Waals surface area contributed by atoms with Gasteiger partial charge in [0.15, 0.2) is 0 Å². The molecule has 4 N–H and O–H groups in total. The van der Waals surface area contributed by atoms with Gasteiger partial charge in [-0.3, -0.25) is 9.59 Å². The summed E-state index contributed by atoms with van der Waals surface area (Å²) in [6, 6.07) is 8.38. The smallest absolute Gasteiger partial charge is 0.247 e. The molecule has 1 heterocycles. The van der Waals surface area contributed by atoms with Crippen LogP contribution in [-0.2, 0) is 9.59 Å². The van der Waals surface area contributed by atoms with E-state index in [0.717, 1.165) is 5.56 Å². The average molecular weight is 273 g/mol. The van der Waals surface area contributed by atoms with Crippen molar-refractivity contribution in [1.82, 2.24) is 10.6 Å². The molecule has 0 fully saturated rings. The molecule has 0 unspecified atom stereocenters. The summed E-state index contributed by atoms with van der Waals surface area (Å²) in [7, 11) is 0. The predicted octanol–water partition coefficient (Wildman–Crippen LogP) is 0.636. The van der Waals surface area contributed by atoms with Crippen LogP contribution in [0.5, 0.6) is 0 Å². The maximum Gasteiger partial charge on any atom is 0.247 e. The van der Waals surface area contributed by atoms with E-state index in [1.165, 1.54) is 0 Å². The topological polar surface area (TPSA) is 84.2 Å². The number of rotatable bonds is 3. The number of amides is 2. The van der Waals surface area contributed by atoms with Gasteiger partial charge in [-0.15, -0.1) is 0 Å². The molecule has 0 aliphatic carbocycles. The summed E-state index contributed by atoms with van der Waals surface area (Å²) in [6.45, 7) is 1.58. The van der Waals surface area contributed by atoms with Crippen LogP contribution >= 0.6 is 0 Å². The van der Waals surface area contributed by atoms with Crippen LogP contribution in [0.4, 0.5) is 0 Å². The first-order valence-electron chi connectivity index (χ1n) is 6.66. The van der Waals surface area contributed by atoms with Crippen LogP contribution in [0.3, 0.4) is 0 Å². The fourth-order valence-electron chi connectivity index (χ4n) is 2.06. The number of hydrogen-bond donors (Lipinski definition) is 3. The van der Waals surface area contributed by atoms with Gasteiger partial charge < -0.3 is 16.4 Å². The second kappa shape index (κ2) is 6.34. The number of nitrogens with one attached hydrogen (secondary N) is 2. The lowest BCUT2D eigenvalue weighted by Crippen LogP contribution is -2.49. The van der Waals surface area contributed by atoms with Gasteiger partial charge in [0, 0.05) is 0 Å². The number of carbonyl (C=O) groups is 2. The van der Waals surface area contributed by atoms with Crippen molar-refractivity contribution in [3.63, 3.8) is 0 Å². The van der Waals surface area contributed by atoms with Crippen molar-refractivity contribution < 1.29 is 9.59 Å². The molecule has 2 rings (SSSR count). The van der Waals surface area contributed by atoms with Gasteiger partial charge >= 0.3 is 0 Å². The van der Waals surface area contributed by atoms with Crippen molar-refractivity contribution in [3.8, 4) is 0 Å². The van der Waals surface area contributed by atoms with E-state index in [0.29, 0.717) is 6.42 Å². The predicted molar refractivity (Wildman–Crippen MR) is 76.7 cm³/mol. The van der Waals surface area contributed by atoms with Crippen LogP contribution in [-0.4, -0.2) is 23.9 Å². The Morgan fingerprint density at radius 3 is 2.75 bits per heavy atom. The van der Waals surface area contributed by atoms with E-state index in [-0.39, 0.29) is 17.9 Å². The van der Waals surface area contributed by atoms with Crippen molar-refractivity contribution >= 4 is 11.8 Å². The van der Waals surface area contributed by atoms with Crippen molar-refractivity contribution in [1.29, 1.82) is 0 Å². The summed E-state index contributed by atoms with van der Waals surface area (Å²) in [5, 5.41) is 5.55. The molecule has 1 aliphatic rings. The van der Waals surface area contributed by atoms with Crippen LogP contribution in [0.1, 0.15) is 24.9 Å². The summed E-state index contributed by atoms with van der Waals surface area (Å²) in [5.74, 6) is -0.561. The molecule has 0 spiro atoms. The standard InChI is InChI=1S/C15H19N3O2/c1-10(16)14(19)18-13-9-5-8-12(17-15(13)20)11-6-3-2-4-7-11/h2-7,9-10,12-13H,8,16H2,1H3,(H,17,20)(H,18,19)/t10-,12+,13-/m0/s1. The van der Waals surface area contributed by atoms with Gasteiger partial charge in [0.2, 0.25) is 11.8 Å². The van der Waals surface area contributed by atoms with Crippen molar-refractivity contribution in [2.24, 2.45) is 5.73 Å². The minimum atomic E-state index is -0.665. The Morgan fingerprint density at radius 2 is 2.10 bits per heavy atom. The number of carbonyl (C=O) groups excluding carboxylic acids is 2. The van der Waals surface area contributed by atoms with E-state index < -0.39 is 12.1 Å². The van der Waals surface area contributed by atoms with E-state index >= 15 is 0 Å². The van der Waals surface area contributed by atoms with Crippen LogP contribution in [0.2, 0.25) is 0 Å². The minimum Gasteiger partial charge on any atom is -0.347 e. The zero-order valence-corrected chi connectivity index (χ0v) is 11.4. The maximum absolute atomic E-state index is 12.1. The Balaban J connectivity index is 2.06. The van der Waals surface area contributed by atoms with Gasteiger partial charge in [-0.05, 0) is 18.9 Å². The van der Waals surface area contributed by atoms with E-state index in [1.54, 1.807) is 13.0 Å². The number of hydrogen-bond acceptors (Lipinski definition) is 3. The Kier molecular flexibility index (Phi) is 4.53. The molecule has 2 amide bonds. The highest BCUT2D eigenvalue weighted by Gasteiger charge is 2.24. The summed E-state index contributed by atoms with van der Waals surface area (Å²) in [5.41, 5.74) is 6.53. The fraction of sp³-hybridized carbons (Fsp3) is 0.333. The second-order valence-corrected chi connectivity index (χ2v) is 4.91. The van der Waals surface area contributed by atoms with Crippen molar-refractivity contribution in [2.45, 2.75) is 31.5 Å². The first kappa shape index (κ1) is 14.3. The number of benzene rings is 1. The average Bonchev–Trinajstić information content (AvgIpc) is 2.62. The first-order chi connectivity index (χ1) is 9.58.